The average Bonchev–Trinajstić information content (AvgIpc) is 3.14. The van der Waals surface area contributed by atoms with Gasteiger partial charge in [-0.1, -0.05) is 0 Å². The van der Waals surface area contributed by atoms with Crippen LogP contribution in [0.5, 0.6) is 5.88 Å². The Morgan fingerprint density at radius 2 is 2.08 bits per heavy atom. The lowest BCUT2D eigenvalue weighted by molar-refractivity contribution is 0.0949. The quantitative estimate of drug-likeness (QED) is 0.901. The molecule has 1 amide bonds. The first-order chi connectivity index (χ1) is 11.7. The summed E-state index contributed by atoms with van der Waals surface area (Å²) in [6, 6.07) is 5.32. The number of pyridine rings is 1. The van der Waals surface area contributed by atoms with Crippen LogP contribution in [-0.4, -0.2) is 41.1 Å². The van der Waals surface area contributed by atoms with E-state index in [2.05, 4.69) is 25.2 Å². The molecule has 7 nitrogen and oxygen atoms in total. The third-order valence-corrected chi connectivity index (χ3v) is 3.93. The summed E-state index contributed by atoms with van der Waals surface area (Å²) in [5.74, 6) is 1.82. The number of hydrogen-bond acceptors (Lipinski definition) is 6. The molecule has 0 saturated carbocycles. The molecule has 0 atom stereocenters. The first-order valence-electron chi connectivity index (χ1n) is 8.03. The Balaban J connectivity index is 1.65. The third-order valence-electron chi connectivity index (χ3n) is 3.93. The minimum Gasteiger partial charge on any atom is -0.481 e. The molecule has 7 heteroatoms. The van der Waals surface area contributed by atoms with Crippen molar-refractivity contribution in [2.45, 2.75) is 26.3 Å². The number of nitrogens with zero attached hydrogens (tertiary/aromatic N) is 4. The van der Waals surface area contributed by atoms with E-state index in [1.807, 2.05) is 13.0 Å². The van der Waals surface area contributed by atoms with Crippen molar-refractivity contribution in [1.29, 1.82) is 0 Å². The van der Waals surface area contributed by atoms with Gasteiger partial charge in [-0.2, -0.15) is 0 Å². The second kappa shape index (κ2) is 7.25. The number of methoxy groups -OCH3 is 1. The average molecular weight is 327 g/mol. The van der Waals surface area contributed by atoms with Crippen molar-refractivity contribution >= 4 is 11.7 Å². The fraction of sp³-hybridized carbons (Fsp3) is 0.412. The molecule has 3 rings (SSSR count). The lowest BCUT2D eigenvalue weighted by atomic mass is 10.2. The van der Waals surface area contributed by atoms with Crippen LogP contribution in [0.1, 0.15) is 34.7 Å². The number of carbonyl (C=O) groups is 1. The molecule has 3 heterocycles. The van der Waals surface area contributed by atoms with E-state index in [1.165, 1.54) is 26.1 Å². The minimum absolute atomic E-state index is 0.210. The summed E-state index contributed by atoms with van der Waals surface area (Å²) >= 11 is 0. The van der Waals surface area contributed by atoms with Crippen LogP contribution in [0.3, 0.4) is 0 Å². The van der Waals surface area contributed by atoms with Gasteiger partial charge in [-0.3, -0.25) is 4.79 Å². The monoisotopic (exact) mass is 327 g/mol. The number of nitrogens with one attached hydrogen (secondary N) is 1. The largest absolute Gasteiger partial charge is 0.481 e. The second-order valence-corrected chi connectivity index (χ2v) is 5.75. The van der Waals surface area contributed by atoms with Gasteiger partial charge < -0.3 is 15.0 Å². The summed E-state index contributed by atoms with van der Waals surface area (Å²) in [5.41, 5.74) is 1.38. The first kappa shape index (κ1) is 16.2. The SMILES string of the molecule is COc1ccc(C(=O)NCc2nc(C)cc(N3CCCC3)n2)cn1. The van der Waals surface area contributed by atoms with E-state index >= 15 is 0 Å². The second-order valence-electron chi connectivity index (χ2n) is 5.75. The van der Waals surface area contributed by atoms with Crippen molar-refractivity contribution in [3.8, 4) is 5.88 Å². The summed E-state index contributed by atoms with van der Waals surface area (Å²) in [4.78, 5) is 27.5. The van der Waals surface area contributed by atoms with Crippen LogP contribution >= 0.6 is 0 Å². The zero-order valence-corrected chi connectivity index (χ0v) is 14.0. The molecule has 2 aromatic rings. The maximum Gasteiger partial charge on any atom is 0.253 e. The van der Waals surface area contributed by atoms with Crippen LogP contribution in [0.25, 0.3) is 0 Å². The number of aromatic nitrogens is 3. The summed E-state index contributed by atoms with van der Waals surface area (Å²) in [6.45, 7) is 4.28. The van der Waals surface area contributed by atoms with Gasteiger partial charge in [0, 0.05) is 37.1 Å². The molecule has 0 unspecified atom stereocenters. The van der Waals surface area contributed by atoms with E-state index in [9.17, 15) is 4.79 Å². The molecule has 1 saturated heterocycles. The number of amides is 1. The van der Waals surface area contributed by atoms with E-state index < -0.39 is 0 Å². The van der Waals surface area contributed by atoms with Crippen molar-refractivity contribution < 1.29 is 9.53 Å². The Morgan fingerprint density at radius 3 is 2.75 bits per heavy atom. The molecule has 1 aliphatic rings. The molecule has 0 aromatic carbocycles. The van der Waals surface area contributed by atoms with Gasteiger partial charge in [0.05, 0.1) is 19.2 Å². The van der Waals surface area contributed by atoms with Gasteiger partial charge in [-0.15, -0.1) is 0 Å². The molecule has 0 spiro atoms. The molecule has 0 bridgehead atoms. The van der Waals surface area contributed by atoms with Crippen LogP contribution in [0.2, 0.25) is 0 Å². The third kappa shape index (κ3) is 3.79. The van der Waals surface area contributed by atoms with Crippen molar-refractivity contribution in [3.63, 3.8) is 0 Å². The predicted molar refractivity (Wildman–Crippen MR) is 90.2 cm³/mol. The Labute approximate surface area is 141 Å². The smallest absolute Gasteiger partial charge is 0.253 e. The van der Waals surface area contributed by atoms with Crippen molar-refractivity contribution in [2.75, 3.05) is 25.1 Å². The van der Waals surface area contributed by atoms with E-state index in [1.54, 1.807) is 12.1 Å². The number of rotatable bonds is 5. The Bertz CT molecular complexity index is 711. The van der Waals surface area contributed by atoms with Crippen molar-refractivity contribution in [1.82, 2.24) is 20.3 Å². The standard InChI is InChI=1S/C17H21N5O2/c1-12-9-15(22-7-3-4-8-22)21-14(20-12)11-19-17(23)13-5-6-16(24-2)18-10-13/h5-6,9-10H,3-4,7-8,11H2,1-2H3,(H,19,23). The molecule has 0 radical (unpaired) electrons. The summed E-state index contributed by atoms with van der Waals surface area (Å²) in [6.07, 6.45) is 3.88. The zero-order valence-electron chi connectivity index (χ0n) is 14.0. The van der Waals surface area contributed by atoms with Gasteiger partial charge in [0.2, 0.25) is 5.88 Å². The van der Waals surface area contributed by atoms with Gasteiger partial charge in [0.1, 0.15) is 11.6 Å². The highest BCUT2D eigenvalue weighted by Crippen LogP contribution is 2.18. The first-order valence-corrected chi connectivity index (χ1v) is 8.03. The fourth-order valence-corrected chi connectivity index (χ4v) is 2.70. The van der Waals surface area contributed by atoms with Gasteiger partial charge in [-0.25, -0.2) is 15.0 Å². The van der Waals surface area contributed by atoms with Crippen LogP contribution in [0.4, 0.5) is 5.82 Å². The summed E-state index contributed by atoms with van der Waals surface area (Å²) in [7, 11) is 1.54. The van der Waals surface area contributed by atoms with Crippen LogP contribution in [0.15, 0.2) is 24.4 Å². The number of carbonyl (C=O) groups excluding carboxylic acids is 1. The number of aryl methyl sites for hydroxylation is 1. The normalized spacial score (nSPS) is 13.8. The van der Waals surface area contributed by atoms with Crippen LogP contribution in [0, 0.1) is 6.92 Å². The van der Waals surface area contributed by atoms with E-state index in [0.717, 1.165) is 24.6 Å². The van der Waals surface area contributed by atoms with Gasteiger partial charge in [0.15, 0.2) is 0 Å². The highest BCUT2D eigenvalue weighted by molar-refractivity contribution is 5.93. The number of hydrogen-bond donors (Lipinski definition) is 1. The Morgan fingerprint density at radius 1 is 1.29 bits per heavy atom. The molecule has 1 N–H and O–H groups in total. The maximum absolute atomic E-state index is 12.2. The molecular weight excluding hydrogens is 306 g/mol. The lowest BCUT2D eigenvalue weighted by Gasteiger charge is -2.17. The van der Waals surface area contributed by atoms with E-state index in [-0.39, 0.29) is 12.5 Å². The van der Waals surface area contributed by atoms with Crippen molar-refractivity contribution in [2.24, 2.45) is 0 Å². The summed E-state index contributed by atoms with van der Waals surface area (Å²) < 4.78 is 4.99. The molecule has 0 aliphatic carbocycles. The number of anilines is 1. The molecule has 2 aromatic heterocycles. The molecule has 126 valence electrons. The highest BCUT2D eigenvalue weighted by atomic mass is 16.5. The number of ether oxygens (including phenoxy) is 1. The van der Waals surface area contributed by atoms with E-state index in [4.69, 9.17) is 4.74 Å². The molecule has 24 heavy (non-hydrogen) atoms. The molecule has 1 aliphatic heterocycles. The van der Waals surface area contributed by atoms with Crippen LogP contribution < -0.4 is 15.0 Å². The van der Waals surface area contributed by atoms with Gasteiger partial charge in [-0.05, 0) is 25.8 Å². The zero-order chi connectivity index (χ0) is 16.9. The van der Waals surface area contributed by atoms with Crippen molar-refractivity contribution in [3.05, 3.63) is 41.5 Å². The van der Waals surface area contributed by atoms with Gasteiger partial charge >= 0.3 is 0 Å². The van der Waals surface area contributed by atoms with Crippen LogP contribution in [-0.2, 0) is 6.54 Å². The maximum atomic E-state index is 12.2. The topological polar surface area (TPSA) is 80.2 Å². The predicted octanol–water partition coefficient (Wildman–Crippen LogP) is 1.72. The fourth-order valence-electron chi connectivity index (χ4n) is 2.70. The Kier molecular flexibility index (Phi) is 4.88. The minimum atomic E-state index is -0.210. The molecular formula is C17H21N5O2. The van der Waals surface area contributed by atoms with E-state index in [0.29, 0.717) is 17.3 Å². The highest BCUT2D eigenvalue weighted by Gasteiger charge is 2.15. The lowest BCUT2D eigenvalue weighted by Crippen LogP contribution is -2.25. The molecule has 1 fully saturated rings. The van der Waals surface area contributed by atoms with Gasteiger partial charge in [0.25, 0.3) is 5.91 Å². The summed E-state index contributed by atoms with van der Waals surface area (Å²) in [5, 5.41) is 2.83. The Hall–Kier alpha value is -2.70.